The maximum Gasteiger partial charge on any atom is 0.343 e. The molecule has 0 fully saturated rings. The van der Waals surface area contributed by atoms with Crippen LogP contribution < -0.4 is 10.1 Å². The number of anilines is 1. The molecule has 2 heterocycles. The topological polar surface area (TPSA) is 82.4 Å². The number of hydrogen-bond donors (Lipinski definition) is 1. The van der Waals surface area contributed by atoms with Gasteiger partial charge in [-0.05, 0) is 61.9 Å². The molecular formula is C23H20ClN3O4S. The SMILES string of the molecule is COC(=O)COc1ccc(NC(=O)c2cc3c(C)nn(-c4cccc(Cl)c4)c3s2)c(C)c1. The molecule has 0 unspecified atom stereocenters. The van der Waals surface area contributed by atoms with E-state index in [1.165, 1.54) is 18.4 Å². The van der Waals surface area contributed by atoms with E-state index in [2.05, 4.69) is 15.2 Å². The van der Waals surface area contributed by atoms with Crippen molar-refractivity contribution in [3.8, 4) is 11.4 Å². The normalized spacial score (nSPS) is 10.9. The van der Waals surface area contributed by atoms with Gasteiger partial charge >= 0.3 is 5.97 Å². The van der Waals surface area contributed by atoms with Gasteiger partial charge in [0.05, 0.1) is 23.4 Å². The molecule has 0 spiro atoms. The fraction of sp³-hybridized carbons (Fsp3) is 0.174. The number of aromatic nitrogens is 2. The molecule has 0 atom stereocenters. The van der Waals surface area contributed by atoms with Gasteiger partial charge in [-0.25, -0.2) is 9.48 Å². The lowest BCUT2D eigenvalue weighted by atomic mass is 10.2. The van der Waals surface area contributed by atoms with E-state index in [1.807, 2.05) is 38.1 Å². The molecule has 0 radical (unpaired) electrons. The van der Waals surface area contributed by atoms with Crippen LogP contribution in [-0.2, 0) is 9.53 Å². The Kier molecular flexibility index (Phi) is 6.16. The van der Waals surface area contributed by atoms with Crippen molar-refractivity contribution in [2.24, 2.45) is 0 Å². The molecule has 0 saturated heterocycles. The van der Waals surface area contributed by atoms with Crippen LogP contribution in [-0.4, -0.2) is 35.4 Å². The lowest BCUT2D eigenvalue weighted by molar-refractivity contribution is -0.142. The van der Waals surface area contributed by atoms with Crippen molar-refractivity contribution < 1.29 is 19.1 Å². The van der Waals surface area contributed by atoms with E-state index in [0.29, 0.717) is 21.3 Å². The Balaban J connectivity index is 1.56. The maximum absolute atomic E-state index is 12.9. The van der Waals surface area contributed by atoms with Crippen molar-refractivity contribution in [1.82, 2.24) is 9.78 Å². The largest absolute Gasteiger partial charge is 0.482 e. The highest BCUT2D eigenvalue weighted by Crippen LogP contribution is 2.32. The number of methoxy groups -OCH3 is 1. The Morgan fingerprint density at radius 2 is 1.97 bits per heavy atom. The average Bonchev–Trinajstić information content (AvgIpc) is 3.34. The van der Waals surface area contributed by atoms with Gasteiger partial charge in [0.1, 0.15) is 10.6 Å². The molecule has 0 aliphatic heterocycles. The van der Waals surface area contributed by atoms with Crippen LogP contribution >= 0.6 is 22.9 Å². The zero-order valence-electron chi connectivity index (χ0n) is 17.6. The molecule has 4 rings (SSSR count). The number of nitrogens with zero attached hydrogens (tertiary/aromatic N) is 2. The lowest BCUT2D eigenvalue weighted by Gasteiger charge is -2.10. The van der Waals surface area contributed by atoms with Crippen LogP contribution in [0.25, 0.3) is 15.9 Å². The summed E-state index contributed by atoms with van der Waals surface area (Å²) in [6.07, 6.45) is 0. The number of carbonyl (C=O) groups is 2. The number of nitrogens with one attached hydrogen (secondary N) is 1. The molecule has 164 valence electrons. The van der Waals surface area contributed by atoms with Crippen LogP contribution in [0.15, 0.2) is 48.5 Å². The summed E-state index contributed by atoms with van der Waals surface area (Å²) in [6.45, 7) is 3.59. The third-order valence-corrected chi connectivity index (χ3v) is 6.20. The minimum absolute atomic E-state index is 0.174. The van der Waals surface area contributed by atoms with Gasteiger partial charge in [-0.3, -0.25) is 4.79 Å². The Labute approximate surface area is 193 Å². The Morgan fingerprint density at radius 3 is 2.69 bits per heavy atom. The molecule has 0 bridgehead atoms. The summed E-state index contributed by atoms with van der Waals surface area (Å²) < 4.78 is 11.8. The molecule has 0 saturated carbocycles. The second kappa shape index (κ2) is 9.02. The number of amides is 1. The highest BCUT2D eigenvalue weighted by molar-refractivity contribution is 7.20. The number of ether oxygens (including phenoxy) is 2. The minimum atomic E-state index is -0.462. The molecular weight excluding hydrogens is 450 g/mol. The molecule has 1 amide bonds. The zero-order chi connectivity index (χ0) is 22.8. The first-order chi connectivity index (χ1) is 15.4. The summed E-state index contributed by atoms with van der Waals surface area (Å²) in [5.74, 6) is -0.156. The third-order valence-electron chi connectivity index (χ3n) is 4.85. The number of benzene rings is 2. The summed E-state index contributed by atoms with van der Waals surface area (Å²) in [6, 6.07) is 14.5. The first-order valence-electron chi connectivity index (χ1n) is 9.72. The number of thiophene rings is 1. The zero-order valence-corrected chi connectivity index (χ0v) is 19.2. The van der Waals surface area contributed by atoms with Crippen molar-refractivity contribution in [3.05, 3.63) is 69.7 Å². The van der Waals surface area contributed by atoms with Gasteiger partial charge in [0.15, 0.2) is 6.61 Å². The number of aryl methyl sites for hydroxylation is 2. The standard InChI is InChI=1S/C23H20ClN3O4S/c1-13-9-17(31-12-21(28)30-3)7-8-19(13)25-22(29)20-11-18-14(2)26-27(23(18)32-20)16-6-4-5-15(24)10-16/h4-11H,12H2,1-3H3,(H,25,29). The van der Waals surface area contributed by atoms with Gasteiger partial charge in [-0.15, -0.1) is 11.3 Å². The highest BCUT2D eigenvalue weighted by atomic mass is 35.5. The highest BCUT2D eigenvalue weighted by Gasteiger charge is 2.18. The first kappa shape index (κ1) is 21.9. The van der Waals surface area contributed by atoms with Crippen molar-refractivity contribution >= 4 is 50.7 Å². The second-order valence-corrected chi connectivity index (χ2v) is 8.57. The van der Waals surface area contributed by atoms with Crippen LogP contribution in [0, 0.1) is 13.8 Å². The minimum Gasteiger partial charge on any atom is -0.482 e. The Bertz CT molecular complexity index is 1330. The van der Waals surface area contributed by atoms with E-state index < -0.39 is 5.97 Å². The van der Waals surface area contributed by atoms with Gasteiger partial charge in [-0.2, -0.15) is 5.10 Å². The van der Waals surface area contributed by atoms with Gasteiger partial charge < -0.3 is 14.8 Å². The number of halogens is 1. The van der Waals surface area contributed by atoms with Crippen molar-refractivity contribution in [1.29, 1.82) is 0 Å². The van der Waals surface area contributed by atoms with Gasteiger partial charge in [0, 0.05) is 16.1 Å². The molecule has 2 aromatic heterocycles. The molecule has 0 aliphatic carbocycles. The summed E-state index contributed by atoms with van der Waals surface area (Å²) in [5.41, 5.74) is 3.13. The van der Waals surface area contributed by atoms with E-state index in [0.717, 1.165) is 27.2 Å². The predicted molar refractivity (Wildman–Crippen MR) is 125 cm³/mol. The van der Waals surface area contributed by atoms with E-state index in [-0.39, 0.29) is 12.5 Å². The maximum atomic E-state index is 12.9. The fourth-order valence-electron chi connectivity index (χ4n) is 3.19. The van der Waals surface area contributed by atoms with Crippen LogP contribution in [0.3, 0.4) is 0 Å². The van der Waals surface area contributed by atoms with Crippen LogP contribution in [0.5, 0.6) is 5.75 Å². The predicted octanol–water partition coefficient (Wildman–Crippen LogP) is 5.16. The van der Waals surface area contributed by atoms with Gasteiger partial charge in [0.25, 0.3) is 5.91 Å². The first-order valence-corrected chi connectivity index (χ1v) is 10.9. The van der Waals surface area contributed by atoms with Gasteiger partial charge in [0.2, 0.25) is 0 Å². The molecule has 32 heavy (non-hydrogen) atoms. The molecule has 1 N–H and O–H groups in total. The molecule has 9 heteroatoms. The average molecular weight is 470 g/mol. The van der Waals surface area contributed by atoms with Crippen molar-refractivity contribution in [3.63, 3.8) is 0 Å². The summed E-state index contributed by atoms with van der Waals surface area (Å²) >= 11 is 7.50. The van der Waals surface area contributed by atoms with E-state index >= 15 is 0 Å². The Hall–Kier alpha value is -3.36. The quantitative estimate of drug-likeness (QED) is 0.394. The Morgan fingerprint density at radius 1 is 1.16 bits per heavy atom. The summed E-state index contributed by atoms with van der Waals surface area (Å²) in [4.78, 5) is 25.6. The molecule has 4 aromatic rings. The molecule has 0 aliphatic rings. The number of fused-ring (bicyclic) bond motifs is 1. The number of esters is 1. The monoisotopic (exact) mass is 469 g/mol. The summed E-state index contributed by atoms with van der Waals surface area (Å²) in [7, 11) is 1.30. The van der Waals surface area contributed by atoms with Crippen LogP contribution in [0.1, 0.15) is 20.9 Å². The van der Waals surface area contributed by atoms with E-state index in [4.69, 9.17) is 16.3 Å². The van der Waals surface area contributed by atoms with E-state index in [1.54, 1.807) is 28.9 Å². The van der Waals surface area contributed by atoms with Gasteiger partial charge in [-0.1, -0.05) is 17.7 Å². The van der Waals surface area contributed by atoms with Crippen LogP contribution in [0.4, 0.5) is 5.69 Å². The molecule has 2 aromatic carbocycles. The van der Waals surface area contributed by atoms with E-state index in [9.17, 15) is 9.59 Å². The van der Waals surface area contributed by atoms with Crippen LogP contribution in [0.2, 0.25) is 5.02 Å². The fourth-order valence-corrected chi connectivity index (χ4v) is 4.46. The number of carbonyl (C=O) groups excluding carboxylic acids is 2. The summed E-state index contributed by atoms with van der Waals surface area (Å²) in [5, 5.41) is 9.08. The van der Waals surface area contributed by atoms with Crippen molar-refractivity contribution in [2.75, 3.05) is 19.0 Å². The lowest BCUT2D eigenvalue weighted by Crippen LogP contribution is -2.13. The number of rotatable bonds is 6. The molecule has 7 nitrogen and oxygen atoms in total. The van der Waals surface area contributed by atoms with Crippen molar-refractivity contribution in [2.45, 2.75) is 13.8 Å². The smallest absolute Gasteiger partial charge is 0.343 e. The third kappa shape index (κ3) is 4.46. The second-order valence-electron chi connectivity index (χ2n) is 7.10. The number of hydrogen-bond acceptors (Lipinski definition) is 6.